The lowest BCUT2D eigenvalue weighted by atomic mass is 10.00. The van der Waals surface area contributed by atoms with Crippen LogP contribution in [0.3, 0.4) is 0 Å². The van der Waals surface area contributed by atoms with E-state index in [1.54, 1.807) is 0 Å². The lowest BCUT2D eigenvalue weighted by molar-refractivity contribution is -0.132. The van der Waals surface area contributed by atoms with Crippen LogP contribution in [0.25, 0.3) is 0 Å². The Balaban J connectivity index is 3.51. The molecule has 0 bridgehead atoms. The maximum atomic E-state index is 12.5. The summed E-state index contributed by atoms with van der Waals surface area (Å²) < 4.78 is 0. The van der Waals surface area contributed by atoms with Gasteiger partial charge in [0.25, 0.3) is 0 Å². The number of unbranched alkanes of at least 4 members (excludes halogenated alkanes) is 35. The molecule has 0 aliphatic rings. The first-order valence-corrected chi connectivity index (χ1v) is 27.4. The fraction of sp³-hybridized carbons (Fsp3) is 0.875. The van der Waals surface area contributed by atoms with Gasteiger partial charge < -0.3 is 25.7 Å². The number of nitrogens with one attached hydrogen (secondary N) is 1. The average molecular weight is 874 g/mol. The second-order valence-corrected chi connectivity index (χ2v) is 18.9. The van der Waals surface area contributed by atoms with E-state index in [0.717, 1.165) is 44.9 Å². The topological polar surface area (TPSA) is 110 Å². The normalized spacial score (nSPS) is 14.1. The number of hydrogen-bond acceptors (Lipinski definition) is 5. The fourth-order valence-corrected chi connectivity index (χ4v) is 8.48. The van der Waals surface area contributed by atoms with Crippen LogP contribution in [0, 0.1) is 0 Å². The van der Waals surface area contributed by atoms with Gasteiger partial charge in [-0.25, -0.2) is 0 Å². The van der Waals surface area contributed by atoms with Crippen LogP contribution in [-0.4, -0.2) is 57.3 Å². The molecule has 0 spiro atoms. The molecule has 0 heterocycles. The van der Waals surface area contributed by atoms with Crippen LogP contribution in [0.4, 0.5) is 0 Å². The summed E-state index contributed by atoms with van der Waals surface area (Å²) in [6, 6.07) is -1.01. The molecule has 4 unspecified atom stereocenters. The molecular formula is C56H107NO5. The van der Waals surface area contributed by atoms with Gasteiger partial charge in [-0.15, -0.1) is 0 Å². The number of carbonyl (C=O) groups excluding carboxylic acids is 1. The van der Waals surface area contributed by atoms with Crippen LogP contribution in [0.15, 0.2) is 36.5 Å². The highest BCUT2D eigenvalue weighted by molar-refractivity contribution is 5.80. The quantitative estimate of drug-likeness (QED) is 0.0309. The van der Waals surface area contributed by atoms with E-state index in [-0.39, 0.29) is 0 Å². The van der Waals surface area contributed by atoms with E-state index in [2.05, 4.69) is 55.6 Å². The van der Waals surface area contributed by atoms with Gasteiger partial charge in [-0.3, -0.25) is 4.79 Å². The van der Waals surface area contributed by atoms with E-state index in [0.29, 0.717) is 19.3 Å². The summed E-state index contributed by atoms with van der Waals surface area (Å²) in [5.41, 5.74) is 0. The third-order valence-electron chi connectivity index (χ3n) is 12.8. The molecule has 6 heteroatoms. The van der Waals surface area contributed by atoms with E-state index >= 15 is 0 Å². The Morgan fingerprint density at radius 3 is 1.08 bits per heavy atom. The minimum Gasteiger partial charge on any atom is -0.394 e. The van der Waals surface area contributed by atoms with Gasteiger partial charge in [0.1, 0.15) is 12.2 Å². The molecule has 0 aliphatic heterocycles. The van der Waals surface area contributed by atoms with Crippen LogP contribution >= 0.6 is 0 Å². The van der Waals surface area contributed by atoms with Crippen molar-refractivity contribution < 1.29 is 25.2 Å². The summed E-state index contributed by atoms with van der Waals surface area (Å²) in [4.78, 5) is 12.5. The number of amides is 1. The zero-order valence-electron chi connectivity index (χ0n) is 41.4. The highest BCUT2D eigenvalue weighted by atomic mass is 16.3. The van der Waals surface area contributed by atoms with Crippen molar-refractivity contribution in [3.63, 3.8) is 0 Å². The summed E-state index contributed by atoms with van der Waals surface area (Å²) in [7, 11) is 0. The predicted octanol–water partition coefficient (Wildman–Crippen LogP) is 15.6. The third kappa shape index (κ3) is 43.8. The van der Waals surface area contributed by atoms with E-state index in [9.17, 15) is 25.2 Å². The van der Waals surface area contributed by atoms with Crippen LogP contribution in [0.1, 0.15) is 284 Å². The molecule has 0 saturated heterocycles. The number of aliphatic hydroxyl groups excluding tert-OH is 4. The average Bonchev–Trinajstić information content (AvgIpc) is 3.28. The summed E-state index contributed by atoms with van der Waals surface area (Å²) in [5, 5.41) is 43.6. The smallest absolute Gasteiger partial charge is 0.249 e. The van der Waals surface area contributed by atoms with Gasteiger partial charge in [0.2, 0.25) is 5.91 Å². The number of hydrogen-bond donors (Lipinski definition) is 5. The van der Waals surface area contributed by atoms with Gasteiger partial charge >= 0.3 is 0 Å². The fourth-order valence-electron chi connectivity index (χ4n) is 8.48. The standard InChI is InChI=1S/C56H107NO5/c1-3-5-7-9-11-13-15-16-17-18-19-20-21-22-23-24-25-26-27-28-29-30-31-32-33-34-35-36-37-38-39-40-42-44-46-48-50-54(60)56(62)57-52(51-58)55(61)53(59)49-47-45-43-41-14-12-10-8-6-4-2/h8,10,26-27,41,43,52-55,58-61H,3-7,9,11-25,28-40,42,44-51H2,1-2H3,(H,57,62)/b10-8+,27-26-,43-41+. The van der Waals surface area contributed by atoms with E-state index in [1.807, 2.05) is 0 Å². The second kappa shape index (κ2) is 50.5. The Bertz CT molecular complexity index is 981. The Morgan fingerprint density at radius 1 is 0.387 bits per heavy atom. The lowest BCUT2D eigenvalue weighted by Gasteiger charge is -2.27. The molecular weight excluding hydrogens is 767 g/mol. The molecule has 0 aromatic rings. The Kier molecular flexibility index (Phi) is 49.3. The molecule has 0 rings (SSSR count). The third-order valence-corrected chi connectivity index (χ3v) is 12.8. The van der Waals surface area contributed by atoms with Gasteiger partial charge in [-0.1, -0.05) is 249 Å². The van der Waals surface area contributed by atoms with Crippen molar-refractivity contribution in [3.8, 4) is 0 Å². The first-order valence-electron chi connectivity index (χ1n) is 27.4. The summed E-state index contributed by atoms with van der Waals surface area (Å²) in [6.07, 6.45) is 62.5. The molecule has 0 saturated carbocycles. The highest BCUT2D eigenvalue weighted by Crippen LogP contribution is 2.17. The Hall–Kier alpha value is -1.47. The summed E-state index contributed by atoms with van der Waals surface area (Å²) in [5.74, 6) is -0.597. The summed E-state index contributed by atoms with van der Waals surface area (Å²) >= 11 is 0. The number of carbonyl (C=O) groups is 1. The van der Waals surface area contributed by atoms with E-state index in [1.165, 1.54) is 205 Å². The van der Waals surface area contributed by atoms with Crippen LogP contribution in [-0.2, 0) is 4.79 Å². The van der Waals surface area contributed by atoms with Gasteiger partial charge in [-0.2, -0.15) is 0 Å². The minimum atomic E-state index is -1.29. The molecule has 366 valence electrons. The maximum absolute atomic E-state index is 12.5. The van der Waals surface area contributed by atoms with Crippen molar-refractivity contribution in [2.24, 2.45) is 0 Å². The zero-order chi connectivity index (χ0) is 45.2. The van der Waals surface area contributed by atoms with Crippen LogP contribution in [0.2, 0.25) is 0 Å². The first kappa shape index (κ1) is 60.5. The Morgan fingerprint density at radius 2 is 0.710 bits per heavy atom. The van der Waals surface area contributed by atoms with Crippen molar-refractivity contribution in [1.29, 1.82) is 0 Å². The van der Waals surface area contributed by atoms with E-state index < -0.39 is 36.9 Å². The lowest BCUT2D eigenvalue weighted by Crippen LogP contribution is -2.53. The van der Waals surface area contributed by atoms with Crippen molar-refractivity contribution in [3.05, 3.63) is 36.5 Å². The molecule has 0 aromatic heterocycles. The highest BCUT2D eigenvalue weighted by Gasteiger charge is 2.28. The molecule has 0 radical (unpaired) electrons. The SMILES string of the molecule is CCC/C=C/CC/C=C/CCCC(O)C(O)C(CO)NC(=O)C(O)CCCCCCCCCCCCCCCCCC/C=C\CCCCCCCCCCCCCCCCCC. The molecule has 4 atom stereocenters. The van der Waals surface area contributed by atoms with Gasteiger partial charge in [-0.05, 0) is 70.6 Å². The largest absolute Gasteiger partial charge is 0.394 e. The van der Waals surface area contributed by atoms with Crippen LogP contribution in [0.5, 0.6) is 0 Å². The first-order chi connectivity index (χ1) is 30.5. The molecule has 0 fully saturated rings. The van der Waals surface area contributed by atoms with Crippen molar-refractivity contribution >= 4 is 5.91 Å². The molecule has 1 amide bonds. The van der Waals surface area contributed by atoms with Crippen molar-refractivity contribution in [2.75, 3.05) is 6.61 Å². The van der Waals surface area contributed by atoms with Crippen LogP contribution < -0.4 is 5.32 Å². The van der Waals surface area contributed by atoms with Gasteiger partial charge in [0, 0.05) is 0 Å². The molecule has 6 nitrogen and oxygen atoms in total. The molecule has 5 N–H and O–H groups in total. The molecule has 0 aromatic carbocycles. The van der Waals surface area contributed by atoms with Crippen molar-refractivity contribution in [1.82, 2.24) is 5.32 Å². The van der Waals surface area contributed by atoms with E-state index in [4.69, 9.17) is 0 Å². The second-order valence-electron chi connectivity index (χ2n) is 18.9. The van der Waals surface area contributed by atoms with Gasteiger partial charge in [0.05, 0.1) is 18.8 Å². The number of rotatable bonds is 50. The molecule has 0 aliphatic carbocycles. The Labute approximate surface area is 386 Å². The monoisotopic (exact) mass is 874 g/mol. The summed E-state index contributed by atoms with van der Waals surface area (Å²) in [6.45, 7) is 3.97. The number of allylic oxidation sites excluding steroid dienone is 6. The minimum absolute atomic E-state index is 0.361. The predicted molar refractivity (Wildman–Crippen MR) is 270 cm³/mol. The maximum Gasteiger partial charge on any atom is 0.249 e. The number of aliphatic hydroxyl groups is 4. The van der Waals surface area contributed by atoms with Crippen molar-refractivity contribution in [2.45, 2.75) is 308 Å². The van der Waals surface area contributed by atoms with Gasteiger partial charge in [0.15, 0.2) is 0 Å². The molecule has 62 heavy (non-hydrogen) atoms. The zero-order valence-corrected chi connectivity index (χ0v) is 41.4.